The molecule has 0 unspecified atom stereocenters. The average molecular weight is 474 g/mol. The second-order valence-corrected chi connectivity index (χ2v) is 8.17. The molecule has 0 aliphatic heterocycles. The van der Waals surface area contributed by atoms with Crippen molar-refractivity contribution in [1.82, 2.24) is 14.8 Å². The number of hydrogen-bond acceptors (Lipinski definition) is 4. The van der Waals surface area contributed by atoms with Crippen molar-refractivity contribution in [2.75, 3.05) is 14.2 Å². The van der Waals surface area contributed by atoms with Crippen molar-refractivity contribution in [2.24, 2.45) is 0 Å². The van der Waals surface area contributed by atoms with Gasteiger partial charge in [0.2, 0.25) is 0 Å². The summed E-state index contributed by atoms with van der Waals surface area (Å²) in [5.74, 6) is 1.35. The Hall–Kier alpha value is -3.38. The maximum atomic E-state index is 5.61. The van der Waals surface area contributed by atoms with Gasteiger partial charge >= 0.3 is 0 Å². The fraction of sp³-hybridized carbons (Fsp3) is 0.120. The summed E-state index contributed by atoms with van der Waals surface area (Å²) in [5.41, 5.74) is 4.57. The molecule has 0 fully saturated rings. The number of pyridine rings is 1. The third-order valence-electron chi connectivity index (χ3n) is 5.42. The molecular weight excluding hydrogens is 454 g/mol. The van der Waals surface area contributed by atoms with Gasteiger partial charge in [0.1, 0.15) is 0 Å². The molecule has 0 saturated carbocycles. The van der Waals surface area contributed by atoms with E-state index in [9.17, 15) is 0 Å². The molecule has 0 saturated heterocycles. The molecule has 3 aromatic carbocycles. The molecule has 0 aliphatic carbocycles. The van der Waals surface area contributed by atoms with E-state index < -0.39 is 0 Å². The molecule has 2 aromatic heterocycles. The second kappa shape index (κ2) is 7.71. The van der Waals surface area contributed by atoms with Gasteiger partial charge in [-0.15, -0.1) is 0 Å². The number of ether oxygens (including phenoxy) is 2. The number of nitrogens with zero attached hydrogens (tertiary/aromatic N) is 3. The minimum atomic E-state index is 0.669. The van der Waals surface area contributed by atoms with Crippen LogP contribution in [-0.2, 0) is 0 Å². The topological polar surface area (TPSA) is 49.2 Å². The van der Waals surface area contributed by atoms with Gasteiger partial charge in [-0.2, -0.15) is 5.10 Å². The minimum Gasteiger partial charge on any atom is -0.493 e. The van der Waals surface area contributed by atoms with Crippen molar-refractivity contribution >= 4 is 37.7 Å². The smallest absolute Gasteiger partial charge is 0.164 e. The highest BCUT2D eigenvalue weighted by molar-refractivity contribution is 9.10. The van der Waals surface area contributed by atoms with Crippen molar-refractivity contribution in [1.29, 1.82) is 0 Å². The highest BCUT2D eigenvalue weighted by Crippen LogP contribution is 2.41. The molecule has 0 amide bonds. The zero-order chi connectivity index (χ0) is 21.5. The largest absolute Gasteiger partial charge is 0.493 e. The van der Waals surface area contributed by atoms with Crippen molar-refractivity contribution < 1.29 is 9.47 Å². The second-order valence-electron chi connectivity index (χ2n) is 7.25. The predicted molar refractivity (Wildman–Crippen MR) is 127 cm³/mol. The monoisotopic (exact) mass is 473 g/mol. The molecule has 5 aromatic rings. The first-order valence-electron chi connectivity index (χ1n) is 9.87. The lowest BCUT2D eigenvalue weighted by atomic mass is 10.0. The lowest BCUT2D eigenvalue weighted by molar-refractivity contribution is 0.356. The Balaban J connectivity index is 1.94. The van der Waals surface area contributed by atoms with Crippen LogP contribution in [0.15, 0.2) is 71.2 Å². The zero-order valence-corrected chi connectivity index (χ0v) is 19.0. The number of halogens is 1. The van der Waals surface area contributed by atoms with Crippen LogP contribution in [0, 0.1) is 6.92 Å². The molecule has 5 rings (SSSR count). The summed E-state index contributed by atoms with van der Waals surface area (Å²) in [5, 5.41) is 7.85. The van der Waals surface area contributed by atoms with Gasteiger partial charge in [0, 0.05) is 20.8 Å². The molecule has 6 heteroatoms. The van der Waals surface area contributed by atoms with Crippen LogP contribution in [0.3, 0.4) is 0 Å². The zero-order valence-electron chi connectivity index (χ0n) is 17.4. The normalized spacial score (nSPS) is 11.2. The number of hydrogen-bond donors (Lipinski definition) is 0. The van der Waals surface area contributed by atoms with E-state index in [1.54, 1.807) is 14.2 Å². The van der Waals surface area contributed by atoms with Gasteiger partial charge in [-0.1, -0.05) is 46.3 Å². The van der Waals surface area contributed by atoms with Crippen molar-refractivity contribution in [3.8, 4) is 28.4 Å². The van der Waals surface area contributed by atoms with E-state index in [2.05, 4.69) is 28.1 Å². The molecule has 31 heavy (non-hydrogen) atoms. The third kappa shape index (κ3) is 3.24. The number of aryl methyl sites for hydroxylation is 1. The summed E-state index contributed by atoms with van der Waals surface area (Å²) < 4.78 is 14.1. The number of benzene rings is 3. The van der Waals surface area contributed by atoms with E-state index in [0.717, 1.165) is 48.9 Å². The van der Waals surface area contributed by atoms with Gasteiger partial charge in [-0.05, 0) is 43.3 Å². The Bertz CT molecular complexity index is 1410. The molecule has 0 radical (unpaired) electrons. The molecule has 0 atom stereocenters. The summed E-state index contributed by atoms with van der Waals surface area (Å²) in [6.45, 7) is 2.01. The van der Waals surface area contributed by atoms with Crippen LogP contribution < -0.4 is 9.47 Å². The summed E-state index contributed by atoms with van der Waals surface area (Å²) in [4.78, 5) is 5.12. The first-order valence-corrected chi connectivity index (χ1v) is 10.7. The number of para-hydroxylation sites is 1. The van der Waals surface area contributed by atoms with Gasteiger partial charge in [0.15, 0.2) is 17.1 Å². The Labute approximate surface area is 188 Å². The van der Waals surface area contributed by atoms with Crippen LogP contribution in [0.25, 0.3) is 38.8 Å². The van der Waals surface area contributed by atoms with Gasteiger partial charge < -0.3 is 9.47 Å². The van der Waals surface area contributed by atoms with Gasteiger partial charge in [0.05, 0.1) is 36.7 Å². The maximum absolute atomic E-state index is 5.61. The highest BCUT2D eigenvalue weighted by Gasteiger charge is 2.20. The molecule has 5 nitrogen and oxygen atoms in total. The summed E-state index contributed by atoms with van der Waals surface area (Å²) in [6, 6.07) is 22.2. The van der Waals surface area contributed by atoms with Gasteiger partial charge in [-0.3, -0.25) is 0 Å². The van der Waals surface area contributed by atoms with Crippen LogP contribution in [0.2, 0.25) is 0 Å². The lowest BCUT2D eigenvalue weighted by Crippen LogP contribution is -1.99. The summed E-state index contributed by atoms with van der Waals surface area (Å²) in [7, 11) is 3.30. The van der Waals surface area contributed by atoms with Crippen LogP contribution in [0.5, 0.6) is 11.5 Å². The van der Waals surface area contributed by atoms with Crippen molar-refractivity contribution in [3.63, 3.8) is 0 Å². The molecular formula is C25H20BrN3O2. The average Bonchev–Trinajstić information content (AvgIpc) is 3.15. The minimum absolute atomic E-state index is 0.669. The number of rotatable bonds is 4. The van der Waals surface area contributed by atoms with E-state index in [1.165, 1.54) is 0 Å². The quantitative estimate of drug-likeness (QED) is 0.306. The summed E-state index contributed by atoms with van der Waals surface area (Å²) in [6.07, 6.45) is 0. The fourth-order valence-corrected chi connectivity index (χ4v) is 4.22. The maximum Gasteiger partial charge on any atom is 0.164 e. The lowest BCUT2D eigenvalue weighted by Gasteiger charge is -2.14. The molecule has 0 bridgehead atoms. The first kappa shape index (κ1) is 19.6. The Morgan fingerprint density at radius 1 is 0.839 bits per heavy atom. The van der Waals surface area contributed by atoms with E-state index in [0.29, 0.717) is 11.5 Å². The molecule has 0 spiro atoms. The van der Waals surface area contributed by atoms with Crippen molar-refractivity contribution in [2.45, 2.75) is 6.92 Å². The third-order valence-corrected chi connectivity index (χ3v) is 5.95. The number of methoxy groups -OCH3 is 2. The van der Waals surface area contributed by atoms with Crippen LogP contribution >= 0.6 is 15.9 Å². The van der Waals surface area contributed by atoms with E-state index >= 15 is 0 Å². The fourth-order valence-electron chi connectivity index (χ4n) is 3.96. The molecule has 2 heterocycles. The van der Waals surface area contributed by atoms with Crippen LogP contribution in [0.1, 0.15) is 5.69 Å². The number of fused-ring (bicyclic) bond motifs is 3. The molecule has 0 N–H and O–H groups in total. The van der Waals surface area contributed by atoms with E-state index in [1.807, 2.05) is 66.2 Å². The SMILES string of the molecule is COc1cc2c(-c3ccc(Br)cc3)nc3c(c(C)nn3-c3ccccc3)c2cc1OC. The van der Waals surface area contributed by atoms with Gasteiger partial charge in [0.25, 0.3) is 0 Å². The Kier molecular flexibility index (Phi) is 4.87. The summed E-state index contributed by atoms with van der Waals surface area (Å²) >= 11 is 3.52. The van der Waals surface area contributed by atoms with Crippen LogP contribution in [0.4, 0.5) is 0 Å². The first-order chi connectivity index (χ1) is 15.1. The Morgan fingerprint density at radius 3 is 2.13 bits per heavy atom. The van der Waals surface area contributed by atoms with E-state index in [4.69, 9.17) is 19.6 Å². The van der Waals surface area contributed by atoms with Crippen LogP contribution in [-0.4, -0.2) is 29.0 Å². The van der Waals surface area contributed by atoms with Crippen molar-refractivity contribution in [3.05, 3.63) is 76.9 Å². The number of aromatic nitrogens is 3. The standard InChI is InChI=1S/C25H20BrN3O2/c1-15-23-19-13-21(30-2)22(31-3)14-20(19)24(16-9-11-17(26)12-10-16)27-25(23)29(28-15)18-7-5-4-6-8-18/h4-14H,1-3H3. The van der Waals surface area contributed by atoms with E-state index in [-0.39, 0.29) is 0 Å². The Morgan fingerprint density at radius 2 is 1.48 bits per heavy atom. The molecule has 154 valence electrons. The van der Waals surface area contributed by atoms with Gasteiger partial charge in [-0.25, -0.2) is 9.67 Å². The predicted octanol–water partition coefficient (Wildman–Crippen LogP) is 6.33. The molecule has 0 aliphatic rings. The highest BCUT2D eigenvalue weighted by atomic mass is 79.9.